The normalized spacial score (nSPS) is 22.1. The first-order valence-electron chi connectivity index (χ1n) is 14.7. The molecule has 14 nitrogen and oxygen atoms in total. The second-order valence-electron chi connectivity index (χ2n) is 13.1. The van der Waals surface area contributed by atoms with E-state index in [9.17, 15) is 19.9 Å². The third kappa shape index (κ3) is 8.87. The molecule has 3 N–H and O–H groups in total. The average molecular weight is 614 g/mol. The molecule has 0 spiro atoms. The van der Waals surface area contributed by atoms with Crippen LogP contribution in [0.1, 0.15) is 66.9 Å². The number of carbonyl (C=O) groups is 3. The largest absolute Gasteiger partial charge is 0.460 e. The predicted molar refractivity (Wildman–Crippen MR) is 163 cm³/mol. The molecule has 2 amide bonds. The van der Waals surface area contributed by atoms with Crippen LogP contribution in [0.3, 0.4) is 0 Å². The molecule has 2 unspecified atom stereocenters. The van der Waals surface area contributed by atoms with Gasteiger partial charge in [-0.3, -0.25) is 20.3 Å². The lowest BCUT2D eigenvalue weighted by Crippen LogP contribution is -2.49. The summed E-state index contributed by atoms with van der Waals surface area (Å²) in [6, 6.07) is 9.12. The third-order valence-electron chi connectivity index (χ3n) is 8.00. The van der Waals surface area contributed by atoms with Gasteiger partial charge in [0.15, 0.2) is 11.5 Å². The molecular formula is C29H44BN7O7. The molecule has 2 saturated heterocycles. The lowest BCUT2D eigenvalue weighted by atomic mass is 9.78. The van der Waals surface area contributed by atoms with Gasteiger partial charge in [-0.1, -0.05) is 41.9 Å². The first kappa shape index (κ1) is 34.7. The van der Waals surface area contributed by atoms with E-state index in [4.69, 9.17) is 24.2 Å². The third-order valence-corrected chi connectivity index (χ3v) is 8.00. The number of likely N-dealkylation sites (tertiary alicyclic amines) is 1. The molecule has 1 aromatic rings. The molecule has 0 aliphatic carbocycles. The van der Waals surface area contributed by atoms with Crippen molar-refractivity contribution in [3.8, 4) is 0 Å². The molecular weight excluding hydrogens is 569 g/mol. The van der Waals surface area contributed by atoms with Crippen molar-refractivity contribution in [3.05, 3.63) is 46.3 Å². The molecule has 15 heteroatoms. The van der Waals surface area contributed by atoms with Gasteiger partial charge in [-0.2, -0.15) is 0 Å². The van der Waals surface area contributed by atoms with Crippen LogP contribution >= 0.6 is 0 Å². The van der Waals surface area contributed by atoms with E-state index < -0.39 is 59.9 Å². The van der Waals surface area contributed by atoms with Gasteiger partial charge in [0.25, 0.3) is 0 Å². The number of amides is 2. The average Bonchev–Trinajstić information content (AvgIpc) is 3.39. The van der Waals surface area contributed by atoms with E-state index in [1.807, 2.05) is 58.0 Å². The zero-order chi connectivity index (χ0) is 32.8. The molecule has 2 aliphatic rings. The van der Waals surface area contributed by atoms with Crippen LogP contribution in [-0.2, 0) is 35.0 Å². The highest BCUT2D eigenvalue weighted by Gasteiger charge is 2.54. The van der Waals surface area contributed by atoms with Gasteiger partial charge in [0, 0.05) is 23.9 Å². The summed E-state index contributed by atoms with van der Waals surface area (Å²) in [4.78, 5) is 42.5. The van der Waals surface area contributed by atoms with Crippen molar-refractivity contribution in [2.75, 3.05) is 19.6 Å². The van der Waals surface area contributed by atoms with Crippen molar-refractivity contribution < 1.29 is 33.2 Å². The number of nitrogens with one attached hydrogen (secondary N) is 3. The summed E-state index contributed by atoms with van der Waals surface area (Å²) in [5.74, 6) is -2.22. The van der Waals surface area contributed by atoms with Crippen LogP contribution in [0.15, 0.2) is 35.4 Å². The Bertz CT molecular complexity index is 1250. The summed E-state index contributed by atoms with van der Waals surface area (Å²) < 4.78 is 23.0. The van der Waals surface area contributed by atoms with E-state index in [-0.39, 0.29) is 25.7 Å². The van der Waals surface area contributed by atoms with Gasteiger partial charge in [-0.25, -0.2) is 4.79 Å². The molecule has 2 heterocycles. The fourth-order valence-corrected chi connectivity index (χ4v) is 5.05. The number of guanidine groups is 1. The smallest absolute Gasteiger partial charge is 0.457 e. The Hall–Kier alpha value is -3.81. The summed E-state index contributed by atoms with van der Waals surface area (Å²) in [5, 5.41) is 17.3. The molecule has 0 bridgehead atoms. The van der Waals surface area contributed by atoms with Gasteiger partial charge in [-0.05, 0) is 72.3 Å². The minimum atomic E-state index is -1.65. The van der Waals surface area contributed by atoms with E-state index in [2.05, 4.69) is 20.7 Å². The topological polar surface area (TPSA) is 188 Å². The maximum absolute atomic E-state index is 13.6. The van der Waals surface area contributed by atoms with Crippen LogP contribution < -0.4 is 10.6 Å². The molecule has 1 aromatic carbocycles. The van der Waals surface area contributed by atoms with Crippen molar-refractivity contribution in [1.29, 1.82) is 5.41 Å². The van der Waals surface area contributed by atoms with Crippen molar-refractivity contribution in [1.82, 2.24) is 15.5 Å². The summed E-state index contributed by atoms with van der Waals surface area (Å²) in [7, 11) is -0.438. The van der Waals surface area contributed by atoms with Gasteiger partial charge in [0.1, 0.15) is 18.8 Å². The Morgan fingerprint density at radius 1 is 1.16 bits per heavy atom. The number of esters is 1. The molecule has 240 valence electrons. The number of nitrogens with zero attached hydrogens (tertiary/aromatic N) is 4. The fourth-order valence-electron chi connectivity index (χ4n) is 5.05. The molecule has 0 aromatic heterocycles. The van der Waals surface area contributed by atoms with E-state index >= 15 is 0 Å². The van der Waals surface area contributed by atoms with Crippen LogP contribution in [0.4, 0.5) is 4.79 Å². The maximum Gasteiger partial charge on any atom is 0.457 e. The van der Waals surface area contributed by atoms with E-state index in [1.54, 1.807) is 20.8 Å². The van der Waals surface area contributed by atoms with Gasteiger partial charge in [0.05, 0.1) is 11.2 Å². The summed E-state index contributed by atoms with van der Waals surface area (Å²) in [6.07, 6.45) is 0.774. The van der Waals surface area contributed by atoms with E-state index in [1.165, 1.54) is 4.90 Å². The zero-order valence-electron chi connectivity index (χ0n) is 26.6. The van der Waals surface area contributed by atoms with Crippen LogP contribution in [-0.4, -0.2) is 77.9 Å². The number of ether oxygens (including phenoxy) is 2. The molecule has 44 heavy (non-hydrogen) atoms. The van der Waals surface area contributed by atoms with Crippen molar-refractivity contribution in [3.63, 3.8) is 0 Å². The first-order valence-corrected chi connectivity index (χ1v) is 14.7. The zero-order valence-corrected chi connectivity index (χ0v) is 26.6. The minimum Gasteiger partial charge on any atom is -0.460 e. The van der Waals surface area contributed by atoms with Gasteiger partial charge in [-0.15, -0.1) is 0 Å². The van der Waals surface area contributed by atoms with Crippen LogP contribution in [0, 0.1) is 11.3 Å². The Morgan fingerprint density at radius 3 is 2.39 bits per heavy atom. The van der Waals surface area contributed by atoms with E-state index in [0.29, 0.717) is 19.2 Å². The Kier molecular flexibility index (Phi) is 10.9. The van der Waals surface area contributed by atoms with Gasteiger partial charge < -0.3 is 29.0 Å². The minimum absolute atomic E-state index is 0.0203. The van der Waals surface area contributed by atoms with Crippen LogP contribution in [0.5, 0.6) is 0 Å². The van der Waals surface area contributed by atoms with Crippen molar-refractivity contribution in [2.24, 2.45) is 11.0 Å². The van der Waals surface area contributed by atoms with Crippen molar-refractivity contribution >= 4 is 31.0 Å². The SMILES string of the molecule is CC(C)(C)OC(=O)NCC(=O)NC(=N)N1CC(CCCB2OC(C)(C)C(C)(C)O2)C(N=[N+]=[N-])(C(=O)OCc2ccccc2)C1. The highest BCUT2D eigenvalue weighted by Crippen LogP contribution is 2.40. The molecule has 2 fully saturated rings. The number of rotatable bonds is 10. The predicted octanol–water partition coefficient (Wildman–Crippen LogP) is 4.16. The molecule has 0 radical (unpaired) electrons. The molecule has 2 aliphatic heterocycles. The highest BCUT2D eigenvalue weighted by molar-refractivity contribution is 6.45. The number of hydrogen-bond donors (Lipinski definition) is 3. The first-order chi connectivity index (χ1) is 20.5. The van der Waals surface area contributed by atoms with Gasteiger partial charge >= 0.3 is 19.2 Å². The summed E-state index contributed by atoms with van der Waals surface area (Å²) in [5.41, 5.74) is 6.96. The number of azide groups is 1. The second kappa shape index (κ2) is 13.9. The summed E-state index contributed by atoms with van der Waals surface area (Å²) >= 11 is 0. The molecule has 2 atom stereocenters. The number of carbonyl (C=O) groups excluding carboxylic acids is 3. The van der Waals surface area contributed by atoms with Crippen molar-refractivity contribution in [2.45, 2.75) is 96.6 Å². The quantitative estimate of drug-likeness (QED) is 0.0667. The number of alkyl carbamates (subject to hydrolysis) is 1. The Morgan fingerprint density at radius 2 is 1.80 bits per heavy atom. The fraction of sp³-hybridized carbons (Fsp3) is 0.655. The summed E-state index contributed by atoms with van der Waals surface area (Å²) in [6.45, 7) is 12.5. The van der Waals surface area contributed by atoms with Crippen LogP contribution in [0.25, 0.3) is 10.4 Å². The lowest BCUT2D eigenvalue weighted by Gasteiger charge is -2.32. The van der Waals surface area contributed by atoms with E-state index in [0.717, 1.165) is 5.56 Å². The number of hydrogen-bond acceptors (Lipinski definition) is 9. The monoisotopic (exact) mass is 613 g/mol. The number of benzene rings is 1. The molecule has 0 saturated carbocycles. The lowest BCUT2D eigenvalue weighted by molar-refractivity contribution is -0.152. The van der Waals surface area contributed by atoms with Crippen LogP contribution in [0.2, 0.25) is 6.32 Å². The Balaban J connectivity index is 1.71. The highest BCUT2D eigenvalue weighted by atomic mass is 16.7. The molecule has 3 rings (SSSR count). The maximum atomic E-state index is 13.6. The second-order valence-corrected chi connectivity index (χ2v) is 13.1. The Labute approximate surface area is 258 Å². The van der Waals surface area contributed by atoms with Gasteiger partial charge in [0.2, 0.25) is 5.91 Å². The standard InChI is InChI=1S/C29H44BN7O7/c1-26(2,3)42-25(40)33-16-22(38)34-24(31)37-17-21(14-11-15-30-43-27(4,5)28(6,7)44-30)29(19-37,35-36-32)23(39)41-18-20-12-9-8-10-13-20/h8-10,12-13,21H,11,14-19H2,1-7H3,(H,33,40)(H2,31,34,38).